The fourth-order valence-corrected chi connectivity index (χ4v) is 2.69. The molecule has 3 heteroatoms. The van der Waals surface area contributed by atoms with Gasteiger partial charge in [0.15, 0.2) is 0 Å². The van der Waals surface area contributed by atoms with E-state index in [9.17, 15) is 4.21 Å². The molecule has 0 fully saturated rings. The molecule has 1 rings (SSSR count). The van der Waals surface area contributed by atoms with Crippen molar-refractivity contribution in [3.8, 4) is 0 Å². The molecule has 0 saturated heterocycles. The van der Waals surface area contributed by atoms with Crippen LogP contribution in [0.2, 0.25) is 0 Å². The van der Waals surface area contributed by atoms with Crippen LogP contribution >= 0.6 is 0 Å². The molecule has 0 aliphatic carbocycles. The summed E-state index contributed by atoms with van der Waals surface area (Å²) in [5.74, 6) is 0. The summed E-state index contributed by atoms with van der Waals surface area (Å²) in [6.07, 6.45) is 0. The molecule has 1 aromatic rings. The van der Waals surface area contributed by atoms with Crippen LogP contribution in [0.1, 0.15) is 6.92 Å². The Morgan fingerprint density at radius 3 is 2.36 bits per heavy atom. The van der Waals surface area contributed by atoms with Crippen molar-refractivity contribution >= 4 is 10.8 Å². The third kappa shape index (κ3) is 3.24. The normalized spacial score (nSPS) is 15.4. The lowest BCUT2D eigenvalue weighted by molar-refractivity contribution is 0.410. The molecule has 0 saturated carbocycles. The molecule has 0 aliphatic rings. The molecule has 78 valence electrons. The minimum absolute atomic E-state index is 0.174. The van der Waals surface area contributed by atoms with Crippen LogP contribution < -0.4 is 0 Å². The van der Waals surface area contributed by atoms with Crippen molar-refractivity contribution < 1.29 is 4.21 Å². The van der Waals surface area contributed by atoms with Gasteiger partial charge in [0.05, 0.1) is 10.8 Å². The monoisotopic (exact) mass is 211 g/mol. The highest BCUT2D eigenvalue weighted by molar-refractivity contribution is 7.85. The minimum Gasteiger partial charge on any atom is -0.308 e. The van der Waals surface area contributed by atoms with E-state index in [1.54, 1.807) is 0 Å². The third-order valence-electron chi connectivity index (χ3n) is 1.96. The summed E-state index contributed by atoms with van der Waals surface area (Å²) in [6.45, 7) is 2.87. The van der Waals surface area contributed by atoms with Crippen LogP contribution in [0.3, 0.4) is 0 Å². The van der Waals surface area contributed by atoms with Crippen LogP contribution in [-0.2, 0) is 10.8 Å². The lowest BCUT2D eigenvalue weighted by Gasteiger charge is -2.16. The number of nitrogens with zero attached hydrogens (tertiary/aromatic N) is 1. The quantitative estimate of drug-likeness (QED) is 0.756. The van der Waals surface area contributed by atoms with Gasteiger partial charge in [0.25, 0.3) is 0 Å². The van der Waals surface area contributed by atoms with E-state index < -0.39 is 10.8 Å². The van der Waals surface area contributed by atoms with Crippen LogP contribution in [0.4, 0.5) is 0 Å². The van der Waals surface area contributed by atoms with Crippen molar-refractivity contribution in [1.82, 2.24) is 4.90 Å². The molecule has 2 atom stereocenters. The van der Waals surface area contributed by atoms with E-state index in [0.717, 1.165) is 11.4 Å². The number of rotatable bonds is 4. The summed E-state index contributed by atoms with van der Waals surface area (Å²) in [7, 11) is 3.11. The van der Waals surface area contributed by atoms with Crippen molar-refractivity contribution in [3.63, 3.8) is 0 Å². The molecular formula is C11H17NOS. The smallest absolute Gasteiger partial charge is 0.0570 e. The maximum Gasteiger partial charge on any atom is 0.0570 e. The first-order valence-electron chi connectivity index (χ1n) is 4.71. The number of benzene rings is 1. The van der Waals surface area contributed by atoms with Gasteiger partial charge in [-0.1, -0.05) is 18.2 Å². The zero-order valence-corrected chi connectivity index (χ0v) is 9.75. The predicted octanol–water partition coefficient (Wildman–Crippen LogP) is 1.74. The first-order valence-corrected chi connectivity index (χ1v) is 5.93. The van der Waals surface area contributed by atoms with Crippen LogP contribution in [0.5, 0.6) is 0 Å². The summed E-state index contributed by atoms with van der Waals surface area (Å²) < 4.78 is 12.0. The molecule has 2 unspecified atom stereocenters. The molecule has 0 aliphatic heterocycles. The lowest BCUT2D eigenvalue weighted by Crippen LogP contribution is -2.27. The highest BCUT2D eigenvalue weighted by Crippen LogP contribution is 2.10. The molecule has 0 bridgehead atoms. The van der Waals surface area contributed by atoms with Crippen molar-refractivity contribution in [3.05, 3.63) is 30.3 Å². The lowest BCUT2D eigenvalue weighted by atomic mass is 10.4. The van der Waals surface area contributed by atoms with Crippen molar-refractivity contribution in [2.75, 3.05) is 20.6 Å². The molecule has 0 heterocycles. The van der Waals surface area contributed by atoms with Gasteiger partial charge in [0.1, 0.15) is 0 Å². The summed E-state index contributed by atoms with van der Waals surface area (Å²) in [5.41, 5.74) is 0. The maximum absolute atomic E-state index is 12.0. The third-order valence-corrected chi connectivity index (χ3v) is 3.58. The van der Waals surface area contributed by atoms with Gasteiger partial charge in [0.2, 0.25) is 0 Å². The largest absolute Gasteiger partial charge is 0.308 e. The fraction of sp³-hybridized carbons (Fsp3) is 0.455. The van der Waals surface area contributed by atoms with Gasteiger partial charge in [-0.05, 0) is 33.2 Å². The first kappa shape index (κ1) is 11.4. The molecule has 0 N–H and O–H groups in total. The van der Waals surface area contributed by atoms with E-state index in [1.807, 2.05) is 51.4 Å². The predicted molar refractivity (Wildman–Crippen MR) is 60.9 cm³/mol. The second-order valence-electron chi connectivity index (χ2n) is 3.68. The van der Waals surface area contributed by atoms with Gasteiger partial charge < -0.3 is 4.90 Å². The average molecular weight is 211 g/mol. The van der Waals surface area contributed by atoms with Crippen LogP contribution in [0.25, 0.3) is 0 Å². The zero-order chi connectivity index (χ0) is 10.6. The zero-order valence-electron chi connectivity index (χ0n) is 8.93. The standard InChI is InChI=1S/C11H17NOS/c1-10(9-12(2)3)14(13)11-7-5-4-6-8-11/h4-8,10H,9H2,1-3H3. The van der Waals surface area contributed by atoms with E-state index in [0.29, 0.717) is 0 Å². The Hall–Kier alpha value is -0.670. The Morgan fingerprint density at radius 1 is 1.29 bits per heavy atom. The van der Waals surface area contributed by atoms with Crippen molar-refractivity contribution in [1.29, 1.82) is 0 Å². The van der Waals surface area contributed by atoms with Gasteiger partial charge in [-0.15, -0.1) is 0 Å². The van der Waals surface area contributed by atoms with E-state index in [1.165, 1.54) is 0 Å². The number of hydrogen-bond donors (Lipinski definition) is 0. The Bertz CT molecular complexity index is 297. The minimum atomic E-state index is -0.890. The highest BCUT2D eigenvalue weighted by atomic mass is 32.2. The summed E-state index contributed by atoms with van der Waals surface area (Å²) in [4.78, 5) is 2.98. The van der Waals surface area contributed by atoms with Gasteiger partial charge in [-0.2, -0.15) is 0 Å². The summed E-state index contributed by atoms with van der Waals surface area (Å²) >= 11 is 0. The fourth-order valence-electron chi connectivity index (χ4n) is 1.37. The van der Waals surface area contributed by atoms with Crippen LogP contribution in [0.15, 0.2) is 35.2 Å². The van der Waals surface area contributed by atoms with E-state index in [4.69, 9.17) is 0 Å². The second-order valence-corrected chi connectivity index (χ2v) is 5.55. The molecule has 14 heavy (non-hydrogen) atoms. The second kappa shape index (κ2) is 5.27. The van der Waals surface area contributed by atoms with E-state index in [2.05, 4.69) is 4.90 Å². The summed E-state index contributed by atoms with van der Waals surface area (Å²) in [5, 5.41) is 0.174. The SMILES string of the molecule is CC(CN(C)C)S(=O)c1ccccc1. The molecule has 0 spiro atoms. The van der Waals surface area contributed by atoms with Crippen LogP contribution in [0, 0.1) is 0 Å². The Morgan fingerprint density at radius 2 is 1.86 bits per heavy atom. The molecule has 2 nitrogen and oxygen atoms in total. The van der Waals surface area contributed by atoms with E-state index in [-0.39, 0.29) is 5.25 Å². The van der Waals surface area contributed by atoms with Crippen molar-refractivity contribution in [2.45, 2.75) is 17.1 Å². The van der Waals surface area contributed by atoms with E-state index >= 15 is 0 Å². The van der Waals surface area contributed by atoms with Crippen molar-refractivity contribution in [2.24, 2.45) is 0 Å². The van der Waals surface area contributed by atoms with Gasteiger partial charge >= 0.3 is 0 Å². The molecule has 0 amide bonds. The highest BCUT2D eigenvalue weighted by Gasteiger charge is 2.13. The Kier molecular flexibility index (Phi) is 4.29. The molecule has 0 aromatic heterocycles. The summed E-state index contributed by atoms with van der Waals surface area (Å²) in [6, 6.07) is 9.63. The first-order chi connectivity index (χ1) is 6.61. The maximum atomic E-state index is 12.0. The molecule has 1 aromatic carbocycles. The van der Waals surface area contributed by atoms with Gasteiger partial charge in [-0.3, -0.25) is 4.21 Å². The molecular weight excluding hydrogens is 194 g/mol. The topological polar surface area (TPSA) is 20.3 Å². The van der Waals surface area contributed by atoms with Gasteiger partial charge in [0, 0.05) is 16.7 Å². The van der Waals surface area contributed by atoms with Gasteiger partial charge in [-0.25, -0.2) is 0 Å². The Labute approximate surface area is 88.4 Å². The Balaban J connectivity index is 2.66. The average Bonchev–Trinajstić information content (AvgIpc) is 2.17. The molecule has 0 radical (unpaired) electrons. The van der Waals surface area contributed by atoms with Crippen LogP contribution in [-0.4, -0.2) is 35.0 Å². The number of hydrogen-bond acceptors (Lipinski definition) is 2.